The second-order valence-corrected chi connectivity index (χ2v) is 8.41. The van der Waals surface area contributed by atoms with Crippen LogP contribution in [0.2, 0.25) is 0 Å². The Morgan fingerprint density at radius 2 is 1.50 bits per heavy atom. The highest BCUT2D eigenvalue weighted by atomic mass is 16.5. The second-order valence-electron chi connectivity index (χ2n) is 8.41. The SMILES string of the molecule is O=C(COC(=O)c1ccc2c(c1)C(=O)N(CCc1ccccc1)C2=O)Nc1cccc2ccccc12. The van der Waals surface area contributed by atoms with Crippen LogP contribution in [0.1, 0.15) is 36.6 Å². The number of ether oxygens (including phenoxy) is 1. The summed E-state index contributed by atoms with van der Waals surface area (Å²) >= 11 is 0. The van der Waals surface area contributed by atoms with E-state index in [2.05, 4.69) is 5.32 Å². The van der Waals surface area contributed by atoms with Gasteiger partial charge in [-0.05, 0) is 41.6 Å². The van der Waals surface area contributed by atoms with Crippen molar-refractivity contribution in [1.82, 2.24) is 4.90 Å². The van der Waals surface area contributed by atoms with Crippen LogP contribution >= 0.6 is 0 Å². The summed E-state index contributed by atoms with van der Waals surface area (Å²) < 4.78 is 5.17. The van der Waals surface area contributed by atoms with E-state index in [0.29, 0.717) is 12.1 Å². The standard InChI is InChI=1S/C29H22N2O5/c32-26(30-25-12-6-10-20-9-4-5-11-22(20)25)18-36-29(35)21-13-14-23-24(17-21)28(34)31(27(23)33)16-15-19-7-2-1-3-8-19/h1-14,17H,15-16,18H2,(H,30,32). The lowest BCUT2D eigenvalue weighted by Gasteiger charge is -2.13. The van der Waals surface area contributed by atoms with Crippen molar-refractivity contribution >= 4 is 40.2 Å². The number of nitrogens with zero attached hydrogens (tertiary/aromatic N) is 1. The number of rotatable bonds is 7. The number of amides is 3. The monoisotopic (exact) mass is 478 g/mol. The summed E-state index contributed by atoms with van der Waals surface area (Å²) in [5, 5.41) is 4.61. The van der Waals surface area contributed by atoms with Crippen LogP contribution in [-0.4, -0.2) is 41.7 Å². The summed E-state index contributed by atoms with van der Waals surface area (Å²) in [5.74, 6) is -2.08. The average molecular weight is 479 g/mol. The zero-order valence-corrected chi connectivity index (χ0v) is 19.3. The summed E-state index contributed by atoms with van der Waals surface area (Å²) in [6.45, 7) is -0.250. The van der Waals surface area contributed by atoms with Gasteiger partial charge in [0.05, 0.1) is 16.7 Å². The first-order valence-corrected chi connectivity index (χ1v) is 11.5. The van der Waals surface area contributed by atoms with Crippen LogP contribution in [0.15, 0.2) is 91.0 Å². The summed E-state index contributed by atoms with van der Waals surface area (Å²) in [7, 11) is 0. The quantitative estimate of drug-likeness (QED) is 0.312. The molecular weight excluding hydrogens is 456 g/mol. The number of nitrogens with one attached hydrogen (secondary N) is 1. The Bertz CT molecular complexity index is 1490. The van der Waals surface area contributed by atoms with Gasteiger partial charge in [-0.15, -0.1) is 0 Å². The minimum Gasteiger partial charge on any atom is -0.452 e. The fourth-order valence-electron chi connectivity index (χ4n) is 4.24. The van der Waals surface area contributed by atoms with Crippen LogP contribution < -0.4 is 5.32 Å². The molecule has 4 aromatic rings. The van der Waals surface area contributed by atoms with Crippen molar-refractivity contribution in [2.45, 2.75) is 6.42 Å². The van der Waals surface area contributed by atoms with Gasteiger partial charge in [0.15, 0.2) is 6.61 Å². The number of carbonyl (C=O) groups excluding carboxylic acids is 4. The van der Waals surface area contributed by atoms with Gasteiger partial charge in [0, 0.05) is 17.6 Å². The van der Waals surface area contributed by atoms with Crippen LogP contribution in [-0.2, 0) is 16.0 Å². The maximum atomic E-state index is 12.9. The molecule has 0 radical (unpaired) electrons. The van der Waals surface area contributed by atoms with E-state index < -0.39 is 24.4 Å². The Labute approximate surface area is 207 Å². The first-order chi connectivity index (χ1) is 17.5. The molecule has 5 rings (SSSR count). The molecule has 1 aliphatic heterocycles. The van der Waals surface area contributed by atoms with Crippen molar-refractivity contribution in [2.24, 2.45) is 0 Å². The molecule has 0 aromatic heterocycles. The van der Waals surface area contributed by atoms with Gasteiger partial charge in [0.2, 0.25) is 0 Å². The molecule has 178 valence electrons. The van der Waals surface area contributed by atoms with Gasteiger partial charge in [-0.2, -0.15) is 0 Å². The van der Waals surface area contributed by atoms with Crippen molar-refractivity contribution in [3.8, 4) is 0 Å². The third-order valence-electron chi connectivity index (χ3n) is 6.07. The number of benzene rings is 4. The van der Waals surface area contributed by atoms with Crippen molar-refractivity contribution in [1.29, 1.82) is 0 Å². The van der Waals surface area contributed by atoms with Gasteiger partial charge in [-0.1, -0.05) is 66.7 Å². The number of anilines is 1. The Morgan fingerprint density at radius 1 is 0.778 bits per heavy atom. The number of carbonyl (C=O) groups is 4. The molecule has 0 bridgehead atoms. The molecule has 0 aliphatic carbocycles. The highest BCUT2D eigenvalue weighted by Gasteiger charge is 2.35. The molecule has 0 unspecified atom stereocenters. The van der Waals surface area contributed by atoms with Crippen molar-refractivity contribution in [2.75, 3.05) is 18.5 Å². The van der Waals surface area contributed by atoms with Crippen LogP contribution in [0, 0.1) is 0 Å². The fraction of sp³-hybridized carbons (Fsp3) is 0.103. The fourth-order valence-corrected chi connectivity index (χ4v) is 4.24. The molecule has 1 N–H and O–H groups in total. The van der Waals surface area contributed by atoms with E-state index in [-0.39, 0.29) is 29.1 Å². The number of hydrogen-bond donors (Lipinski definition) is 1. The van der Waals surface area contributed by atoms with Crippen molar-refractivity contribution < 1.29 is 23.9 Å². The smallest absolute Gasteiger partial charge is 0.338 e. The third-order valence-corrected chi connectivity index (χ3v) is 6.07. The number of esters is 1. The molecule has 0 spiro atoms. The predicted molar refractivity (Wildman–Crippen MR) is 135 cm³/mol. The molecular formula is C29H22N2O5. The third kappa shape index (κ3) is 4.59. The summed E-state index contributed by atoms with van der Waals surface area (Å²) in [6.07, 6.45) is 0.535. The molecule has 3 amide bonds. The molecule has 0 fully saturated rings. The Balaban J connectivity index is 1.22. The van der Waals surface area contributed by atoms with Gasteiger partial charge in [-0.25, -0.2) is 4.79 Å². The Kier molecular flexibility index (Phi) is 6.28. The molecule has 7 nitrogen and oxygen atoms in total. The van der Waals surface area contributed by atoms with Crippen LogP contribution in [0.5, 0.6) is 0 Å². The molecule has 0 atom stereocenters. The highest BCUT2D eigenvalue weighted by molar-refractivity contribution is 6.22. The van der Waals surface area contributed by atoms with E-state index in [9.17, 15) is 19.2 Å². The average Bonchev–Trinajstić information content (AvgIpc) is 3.15. The van der Waals surface area contributed by atoms with Crippen molar-refractivity contribution in [3.63, 3.8) is 0 Å². The lowest BCUT2D eigenvalue weighted by atomic mass is 10.1. The highest BCUT2D eigenvalue weighted by Crippen LogP contribution is 2.25. The van der Waals surface area contributed by atoms with Gasteiger partial charge in [0.1, 0.15) is 0 Å². The molecule has 0 saturated carbocycles. The zero-order valence-electron chi connectivity index (χ0n) is 19.3. The van der Waals surface area contributed by atoms with Gasteiger partial charge in [-0.3, -0.25) is 19.3 Å². The first kappa shape index (κ1) is 23.0. The van der Waals surface area contributed by atoms with E-state index in [4.69, 9.17) is 4.74 Å². The lowest BCUT2D eigenvalue weighted by Crippen LogP contribution is -2.31. The van der Waals surface area contributed by atoms with E-state index in [1.807, 2.05) is 66.7 Å². The van der Waals surface area contributed by atoms with Gasteiger partial charge < -0.3 is 10.1 Å². The Hall–Kier alpha value is -4.78. The summed E-state index contributed by atoms with van der Waals surface area (Å²) in [6, 6.07) is 27.0. The maximum Gasteiger partial charge on any atom is 0.338 e. The molecule has 1 aliphatic rings. The predicted octanol–water partition coefficient (Wildman–Crippen LogP) is 4.47. The molecule has 36 heavy (non-hydrogen) atoms. The van der Waals surface area contributed by atoms with Crippen LogP contribution in [0.3, 0.4) is 0 Å². The normalized spacial score (nSPS) is 12.5. The number of imide groups is 1. The minimum atomic E-state index is -0.756. The maximum absolute atomic E-state index is 12.9. The molecule has 0 saturated heterocycles. The van der Waals surface area contributed by atoms with Gasteiger partial charge >= 0.3 is 5.97 Å². The minimum absolute atomic E-state index is 0.0952. The molecule has 7 heteroatoms. The molecule has 4 aromatic carbocycles. The van der Waals surface area contributed by atoms with E-state index >= 15 is 0 Å². The van der Waals surface area contributed by atoms with E-state index in [0.717, 1.165) is 16.3 Å². The summed E-state index contributed by atoms with van der Waals surface area (Å²) in [5.41, 5.74) is 2.13. The summed E-state index contributed by atoms with van der Waals surface area (Å²) in [4.78, 5) is 51.8. The van der Waals surface area contributed by atoms with Gasteiger partial charge in [0.25, 0.3) is 17.7 Å². The van der Waals surface area contributed by atoms with Crippen LogP contribution in [0.4, 0.5) is 5.69 Å². The zero-order chi connectivity index (χ0) is 25.1. The first-order valence-electron chi connectivity index (χ1n) is 11.5. The number of hydrogen-bond acceptors (Lipinski definition) is 5. The number of fused-ring (bicyclic) bond motifs is 2. The lowest BCUT2D eigenvalue weighted by molar-refractivity contribution is -0.119. The molecule has 1 heterocycles. The van der Waals surface area contributed by atoms with Crippen LogP contribution in [0.25, 0.3) is 10.8 Å². The second kappa shape index (κ2) is 9.84. The Morgan fingerprint density at radius 3 is 2.33 bits per heavy atom. The van der Waals surface area contributed by atoms with E-state index in [1.165, 1.54) is 23.1 Å². The topological polar surface area (TPSA) is 92.8 Å². The largest absolute Gasteiger partial charge is 0.452 e. The van der Waals surface area contributed by atoms with E-state index in [1.54, 1.807) is 6.07 Å². The van der Waals surface area contributed by atoms with Crippen molar-refractivity contribution in [3.05, 3.63) is 113 Å².